The van der Waals surface area contributed by atoms with Crippen LogP contribution in [0.25, 0.3) is 0 Å². The van der Waals surface area contributed by atoms with Crippen LogP contribution in [-0.4, -0.2) is 78.6 Å². The van der Waals surface area contributed by atoms with E-state index in [0.717, 1.165) is 24.7 Å². The highest BCUT2D eigenvalue weighted by molar-refractivity contribution is 7.99. The molecule has 20 heavy (non-hydrogen) atoms. The zero-order valence-corrected chi connectivity index (χ0v) is 12.5. The average molecular weight is 298 g/mol. The van der Waals surface area contributed by atoms with Gasteiger partial charge in [-0.15, -0.1) is 18.3 Å². The lowest BCUT2D eigenvalue weighted by Crippen LogP contribution is -2.54. The summed E-state index contributed by atoms with van der Waals surface area (Å²) in [6, 6.07) is -0.0255. The average Bonchev–Trinajstić information content (AvgIpc) is 2.99. The van der Waals surface area contributed by atoms with Crippen molar-refractivity contribution in [2.24, 2.45) is 0 Å². The smallest absolute Gasteiger partial charge is 0.240 e. The highest BCUT2D eigenvalue weighted by atomic mass is 32.2. The predicted molar refractivity (Wildman–Crippen MR) is 80.5 cm³/mol. The Bertz CT molecular complexity index is 363. The van der Waals surface area contributed by atoms with Crippen LogP contribution in [0.4, 0.5) is 0 Å². The molecular formula is C13H22N4O2S. The van der Waals surface area contributed by atoms with Gasteiger partial charge >= 0.3 is 0 Å². The Balaban J connectivity index is 1.70. The second-order valence-electron chi connectivity index (χ2n) is 4.97. The van der Waals surface area contributed by atoms with E-state index in [1.165, 1.54) is 0 Å². The molecule has 2 amide bonds. The van der Waals surface area contributed by atoms with Gasteiger partial charge in [-0.2, -0.15) is 0 Å². The van der Waals surface area contributed by atoms with Gasteiger partial charge in [-0.05, 0) is 0 Å². The van der Waals surface area contributed by atoms with Crippen molar-refractivity contribution >= 4 is 23.6 Å². The van der Waals surface area contributed by atoms with Gasteiger partial charge in [0.25, 0.3) is 0 Å². The summed E-state index contributed by atoms with van der Waals surface area (Å²) in [7, 11) is 0. The molecule has 2 saturated heterocycles. The quantitative estimate of drug-likeness (QED) is 0.644. The first-order valence-corrected chi connectivity index (χ1v) is 8.06. The van der Waals surface area contributed by atoms with Crippen LogP contribution in [0, 0.1) is 0 Å². The van der Waals surface area contributed by atoms with Crippen LogP contribution in [0.15, 0.2) is 12.7 Å². The molecule has 2 heterocycles. The van der Waals surface area contributed by atoms with E-state index in [2.05, 4.69) is 22.1 Å². The minimum absolute atomic E-state index is 0.0125. The molecule has 2 fully saturated rings. The van der Waals surface area contributed by atoms with Crippen molar-refractivity contribution in [3.8, 4) is 0 Å². The molecule has 0 aliphatic carbocycles. The fraction of sp³-hybridized carbons (Fsp3) is 0.692. The first kappa shape index (κ1) is 15.3. The van der Waals surface area contributed by atoms with E-state index in [9.17, 15) is 9.59 Å². The Kier molecular flexibility index (Phi) is 5.87. The normalized spacial score (nSPS) is 23.6. The van der Waals surface area contributed by atoms with E-state index in [1.54, 1.807) is 17.8 Å². The fourth-order valence-corrected chi connectivity index (χ4v) is 3.28. The van der Waals surface area contributed by atoms with Crippen molar-refractivity contribution in [3.05, 3.63) is 12.7 Å². The standard InChI is InChI=1S/C13H22N4O2S/c1-2-3-14-12(18)8-16-4-6-17(7-5-16)13(19)11-9-20-10-15-11/h2,11,15H,1,3-10H2,(H,14,18). The third-order valence-corrected chi connectivity index (χ3v) is 4.45. The summed E-state index contributed by atoms with van der Waals surface area (Å²) in [4.78, 5) is 27.8. The van der Waals surface area contributed by atoms with Crippen molar-refractivity contribution in [3.63, 3.8) is 0 Å². The number of carbonyl (C=O) groups is 2. The molecule has 7 heteroatoms. The number of rotatable bonds is 5. The molecule has 0 radical (unpaired) electrons. The van der Waals surface area contributed by atoms with Crippen molar-refractivity contribution in [2.75, 3.05) is 50.9 Å². The third-order valence-electron chi connectivity index (χ3n) is 3.51. The second kappa shape index (κ2) is 7.66. The molecule has 0 aromatic heterocycles. The molecule has 1 atom stereocenters. The molecule has 2 N–H and O–H groups in total. The zero-order chi connectivity index (χ0) is 14.4. The summed E-state index contributed by atoms with van der Waals surface area (Å²) >= 11 is 1.76. The fourth-order valence-electron chi connectivity index (χ4n) is 2.35. The lowest BCUT2D eigenvalue weighted by molar-refractivity contribution is -0.134. The van der Waals surface area contributed by atoms with Crippen LogP contribution in [0.1, 0.15) is 0 Å². The largest absolute Gasteiger partial charge is 0.352 e. The number of piperazine rings is 1. The summed E-state index contributed by atoms with van der Waals surface area (Å²) in [5.41, 5.74) is 0. The van der Waals surface area contributed by atoms with Gasteiger partial charge in [-0.25, -0.2) is 0 Å². The van der Waals surface area contributed by atoms with E-state index in [4.69, 9.17) is 0 Å². The summed E-state index contributed by atoms with van der Waals surface area (Å²) in [6.45, 7) is 7.39. The number of nitrogens with zero attached hydrogens (tertiary/aromatic N) is 2. The first-order chi connectivity index (χ1) is 9.70. The van der Waals surface area contributed by atoms with Gasteiger partial charge in [0.15, 0.2) is 0 Å². The van der Waals surface area contributed by atoms with Gasteiger partial charge in [0.2, 0.25) is 11.8 Å². The molecule has 0 bridgehead atoms. The van der Waals surface area contributed by atoms with E-state index >= 15 is 0 Å². The number of hydrogen-bond donors (Lipinski definition) is 2. The molecule has 0 saturated carbocycles. The lowest BCUT2D eigenvalue weighted by atomic mass is 10.2. The van der Waals surface area contributed by atoms with Crippen molar-refractivity contribution < 1.29 is 9.59 Å². The van der Waals surface area contributed by atoms with E-state index < -0.39 is 0 Å². The van der Waals surface area contributed by atoms with Crippen LogP contribution in [-0.2, 0) is 9.59 Å². The van der Waals surface area contributed by atoms with Crippen LogP contribution >= 0.6 is 11.8 Å². The number of hydrogen-bond acceptors (Lipinski definition) is 5. The molecule has 2 rings (SSSR count). The van der Waals surface area contributed by atoms with Gasteiger partial charge in [-0.1, -0.05) is 6.08 Å². The van der Waals surface area contributed by atoms with Crippen LogP contribution in [0.2, 0.25) is 0 Å². The molecule has 112 valence electrons. The predicted octanol–water partition coefficient (Wildman–Crippen LogP) is -0.905. The molecule has 6 nitrogen and oxygen atoms in total. The zero-order valence-electron chi connectivity index (χ0n) is 11.6. The van der Waals surface area contributed by atoms with Crippen LogP contribution in [0.3, 0.4) is 0 Å². The molecule has 2 aliphatic heterocycles. The van der Waals surface area contributed by atoms with Crippen molar-refractivity contribution in [2.45, 2.75) is 6.04 Å². The molecule has 0 aromatic rings. The third kappa shape index (κ3) is 4.22. The van der Waals surface area contributed by atoms with Gasteiger partial charge in [0, 0.05) is 44.4 Å². The summed E-state index contributed by atoms with van der Waals surface area (Å²) in [5.74, 6) is 1.94. The molecule has 2 aliphatic rings. The number of thioether (sulfide) groups is 1. The summed E-state index contributed by atoms with van der Waals surface area (Å²) in [5, 5.41) is 5.97. The lowest BCUT2D eigenvalue weighted by Gasteiger charge is -2.35. The van der Waals surface area contributed by atoms with Gasteiger partial charge in [0.05, 0.1) is 12.6 Å². The van der Waals surface area contributed by atoms with E-state index in [-0.39, 0.29) is 17.9 Å². The maximum absolute atomic E-state index is 12.2. The highest BCUT2D eigenvalue weighted by Gasteiger charge is 2.29. The Hall–Kier alpha value is -1.05. The number of nitrogens with one attached hydrogen (secondary N) is 2. The Morgan fingerprint density at radius 2 is 2.10 bits per heavy atom. The number of carbonyl (C=O) groups excluding carboxylic acids is 2. The van der Waals surface area contributed by atoms with Crippen molar-refractivity contribution in [1.29, 1.82) is 0 Å². The van der Waals surface area contributed by atoms with E-state index in [1.807, 2.05) is 4.90 Å². The molecule has 0 aromatic carbocycles. The Labute approximate surface area is 123 Å². The summed E-state index contributed by atoms with van der Waals surface area (Å²) in [6.07, 6.45) is 1.67. The van der Waals surface area contributed by atoms with Gasteiger partial charge in [0.1, 0.15) is 0 Å². The first-order valence-electron chi connectivity index (χ1n) is 6.90. The molecular weight excluding hydrogens is 276 g/mol. The number of amides is 2. The minimum Gasteiger partial charge on any atom is -0.352 e. The van der Waals surface area contributed by atoms with Gasteiger partial charge in [-0.3, -0.25) is 19.8 Å². The maximum atomic E-state index is 12.2. The maximum Gasteiger partial charge on any atom is 0.240 e. The molecule has 0 spiro atoms. The Morgan fingerprint density at radius 1 is 1.35 bits per heavy atom. The monoisotopic (exact) mass is 298 g/mol. The van der Waals surface area contributed by atoms with E-state index in [0.29, 0.717) is 26.2 Å². The SMILES string of the molecule is C=CCNC(=O)CN1CCN(C(=O)C2CSCN2)CC1. The topological polar surface area (TPSA) is 64.7 Å². The molecule has 1 unspecified atom stereocenters. The van der Waals surface area contributed by atoms with Crippen LogP contribution < -0.4 is 10.6 Å². The highest BCUT2D eigenvalue weighted by Crippen LogP contribution is 2.13. The summed E-state index contributed by atoms with van der Waals surface area (Å²) < 4.78 is 0. The second-order valence-corrected chi connectivity index (χ2v) is 6.00. The van der Waals surface area contributed by atoms with Crippen LogP contribution in [0.5, 0.6) is 0 Å². The Morgan fingerprint density at radius 3 is 2.70 bits per heavy atom. The minimum atomic E-state index is -0.0255. The van der Waals surface area contributed by atoms with Crippen molar-refractivity contribution in [1.82, 2.24) is 20.4 Å². The van der Waals surface area contributed by atoms with Gasteiger partial charge < -0.3 is 10.2 Å².